The highest BCUT2D eigenvalue weighted by Gasteiger charge is 2.24. The molecule has 0 spiro atoms. The van der Waals surface area contributed by atoms with Gasteiger partial charge in [0.05, 0.1) is 16.4 Å². The van der Waals surface area contributed by atoms with E-state index >= 15 is 0 Å². The summed E-state index contributed by atoms with van der Waals surface area (Å²) in [6.45, 7) is 5.70. The number of rotatable bonds is 7. The third kappa shape index (κ3) is 4.86. The predicted octanol–water partition coefficient (Wildman–Crippen LogP) is 4.00. The summed E-state index contributed by atoms with van der Waals surface area (Å²) in [5.41, 5.74) is 1.54. The lowest BCUT2D eigenvalue weighted by molar-refractivity contribution is -0.120. The molecule has 0 saturated heterocycles. The molecule has 1 aromatic carbocycles. The number of amides is 1. The molecule has 10 heteroatoms. The minimum atomic E-state index is -0.521. The Morgan fingerprint density at radius 1 is 1.30 bits per heavy atom. The zero-order valence-corrected chi connectivity index (χ0v) is 20.3. The molecule has 2 atom stereocenters. The number of aromatic amines is 1. The van der Waals surface area contributed by atoms with Gasteiger partial charge in [-0.05, 0) is 44.0 Å². The van der Waals surface area contributed by atoms with E-state index in [4.69, 9.17) is 0 Å². The predicted molar refractivity (Wildman–Crippen MR) is 130 cm³/mol. The molecule has 0 fully saturated rings. The Labute approximate surface area is 198 Å². The maximum Gasteiger partial charge on any atom is 0.259 e. The Kier molecular flexibility index (Phi) is 6.66. The summed E-state index contributed by atoms with van der Waals surface area (Å²) in [6.07, 6.45) is 3.45. The Morgan fingerprint density at radius 3 is 2.70 bits per heavy atom. The van der Waals surface area contributed by atoms with Gasteiger partial charge in [0.15, 0.2) is 0 Å². The maximum atomic E-state index is 13.4. The minimum absolute atomic E-state index is 0.152. The average molecular weight is 486 g/mol. The molecule has 0 saturated carbocycles. The molecule has 0 aliphatic heterocycles. The molecule has 4 rings (SSSR count). The van der Waals surface area contributed by atoms with E-state index in [0.29, 0.717) is 27.6 Å². The smallest absolute Gasteiger partial charge is 0.259 e. The van der Waals surface area contributed by atoms with Crippen LogP contribution in [0.25, 0.3) is 10.2 Å². The van der Waals surface area contributed by atoms with Crippen LogP contribution >= 0.6 is 23.1 Å². The van der Waals surface area contributed by atoms with E-state index in [1.165, 1.54) is 35.2 Å². The second kappa shape index (κ2) is 9.48. The second-order valence-corrected chi connectivity index (χ2v) is 10.4. The highest BCUT2D eigenvalue weighted by atomic mass is 32.2. The first kappa shape index (κ1) is 23.2. The van der Waals surface area contributed by atoms with Crippen LogP contribution in [0, 0.1) is 19.7 Å². The number of nitrogens with one attached hydrogen (secondary N) is 2. The summed E-state index contributed by atoms with van der Waals surface area (Å²) < 4.78 is 15.3. The molecule has 2 N–H and O–H groups in total. The average Bonchev–Trinajstić information content (AvgIpc) is 3.33. The van der Waals surface area contributed by atoms with E-state index in [-0.39, 0.29) is 17.3 Å². The van der Waals surface area contributed by atoms with Crippen molar-refractivity contribution in [1.29, 1.82) is 0 Å². The number of aryl methyl sites for hydroxylation is 3. The van der Waals surface area contributed by atoms with Crippen LogP contribution in [-0.4, -0.2) is 30.7 Å². The van der Waals surface area contributed by atoms with Crippen LogP contribution in [0.3, 0.4) is 0 Å². The molecule has 0 unspecified atom stereocenters. The van der Waals surface area contributed by atoms with Crippen molar-refractivity contribution in [2.75, 3.05) is 0 Å². The molecule has 3 heterocycles. The number of aromatic nitrogens is 4. The van der Waals surface area contributed by atoms with Crippen molar-refractivity contribution in [2.24, 2.45) is 7.05 Å². The van der Waals surface area contributed by atoms with Gasteiger partial charge < -0.3 is 14.9 Å². The summed E-state index contributed by atoms with van der Waals surface area (Å²) in [4.78, 5) is 39.1. The fraction of sp³-hybridized carbons (Fsp3) is 0.304. The van der Waals surface area contributed by atoms with Crippen LogP contribution in [0.5, 0.6) is 0 Å². The van der Waals surface area contributed by atoms with Gasteiger partial charge in [-0.25, -0.2) is 14.4 Å². The lowest BCUT2D eigenvalue weighted by Gasteiger charge is -2.21. The first-order chi connectivity index (χ1) is 15.7. The number of carbonyl (C=O) groups excluding carboxylic acids is 1. The van der Waals surface area contributed by atoms with Crippen LogP contribution in [-0.2, 0) is 17.6 Å². The first-order valence-electron chi connectivity index (χ1n) is 10.4. The number of hydrogen-bond acceptors (Lipinski definition) is 6. The van der Waals surface area contributed by atoms with Gasteiger partial charge in [-0.3, -0.25) is 9.59 Å². The number of carbonyl (C=O) groups is 1. The molecular formula is C23H24FN5O2S2. The molecule has 4 aromatic rings. The van der Waals surface area contributed by atoms with E-state index in [0.717, 1.165) is 16.0 Å². The van der Waals surface area contributed by atoms with Gasteiger partial charge in [0.25, 0.3) is 5.56 Å². The topological polar surface area (TPSA) is 92.7 Å². The Balaban J connectivity index is 1.49. The highest BCUT2D eigenvalue weighted by Crippen LogP contribution is 2.27. The fourth-order valence-corrected chi connectivity index (χ4v) is 5.33. The number of hydrogen-bond donors (Lipinski definition) is 2. The van der Waals surface area contributed by atoms with Crippen molar-refractivity contribution in [3.05, 3.63) is 80.5 Å². The number of halogens is 1. The summed E-state index contributed by atoms with van der Waals surface area (Å²) in [5, 5.41) is 3.25. The SMILES string of the molecule is Cc1sc2nc(CS[C@H](C)C(=O)N[C@H](c3ccc(F)cc3)c3nccn3C)[nH]c(=O)c2c1C. The Morgan fingerprint density at radius 2 is 2.03 bits per heavy atom. The quantitative estimate of drug-likeness (QED) is 0.413. The molecular weight excluding hydrogens is 461 g/mol. The Hall–Kier alpha value is -2.98. The molecule has 0 aliphatic rings. The van der Waals surface area contributed by atoms with Gasteiger partial charge in [0.2, 0.25) is 5.91 Å². The molecule has 172 valence electrons. The third-order valence-corrected chi connectivity index (χ3v) is 7.79. The molecule has 0 bridgehead atoms. The van der Waals surface area contributed by atoms with E-state index in [1.807, 2.05) is 25.5 Å². The molecule has 1 amide bonds. The number of H-pyrrole nitrogens is 1. The fourth-order valence-electron chi connectivity index (χ4n) is 3.51. The van der Waals surface area contributed by atoms with Crippen molar-refractivity contribution in [2.45, 2.75) is 37.8 Å². The van der Waals surface area contributed by atoms with Crippen LogP contribution in [0.2, 0.25) is 0 Å². The zero-order valence-electron chi connectivity index (χ0n) is 18.7. The summed E-state index contributed by atoms with van der Waals surface area (Å²) in [6, 6.07) is 5.49. The summed E-state index contributed by atoms with van der Waals surface area (Å²) in [7, 11) is 1.84. The number of imidazole rings is 1. The third-order valence-electron chi connectivity index (χ3n) is 5.53. The van der Waals surface area contributed by atoms with Crippen molar-refractivity contribution in [1.82, 2.24) is 24.8 Å². The van der Waals surface area contributed by atoms with Crippen molar-refractivity contribution in [3.8, 4) is 0 Å². The van der Waals surface area contributed by atoms with Crippen LogP contribution in [0.4, 0.5) is 4.39 Å². The normalized spacial score (nSPS) is 13.2. The van der Waals surface area contributed by atoms with Gasteiger partial charge in [0, 0.05) is 24.3 Å². The summed E-state index contributed by atoms with van der Waals surface area (Å²) in [5.74, 6) is 1.04. The van der Waals surface area contributed by atoms with Gasteiger partial charge in [-0.15, -0.1) is 23.1 Å². The molecule has 7 nitrogen and oxygen atoms in total. The zero-order chi connectivity index (χ0) is 23.7. The van der Waals surface area contributed by atoms with Gasteiger partial charge >= 0.3 is 0 Å². The lowest BCUT2D eigenvalue weighted by atomic mass is 10.1. The van der Waals surface area contributed by atoms with Gasteiger partial charge in [0.1, 0.15) is 28.3 Å². The van der Waals surface area contributed by atoms with Gasteiger partial charge in [-0.1, -0.05) is 12.1 Å². The first-order valence-corrected chi connectivity index (χ1v) is 12.2. The highest BCUT2D eigenvalue weighted by molar-refractivity contribution is 7.99. The second-order valence-electron chi connectivity index (χ2n) is 7.82. The van der Waals surface area contributed by atoms with E-state index in [1.54, 1.807) is 31.5 Å². The summed E-state index contributed by atoms with van der Waals surface area (Å²) >= 11 is 2.88. The molecule has 0 radical (unpaired) electrons. The molecule has 0 aliphatic carbocycles. The van der Waals surface area contributed by atoms with E-state index in [2.05, 4.69) is 20.3 Å². The maximum absolute atomic E-state index is 13.4. The largest absolute Gasteiger partial charge is 0.341 e. The van der Waals surface area contributed by atoms with Crippen LogP contribution in [0.1, 0.15) is 40.6 Å². The van der Waals surface area contributed by atoms with E-state index < -0.39 is 11.3 Å². The van der Waals surface area contributed by atoms with Crippen molar-refractivity contribution < 1.29 is 9.18 Å². The lowest BCUT2D eigenvalue weighted by Crippen LogP contribution is -2.36. The monoisotopic (exact) mass is 485 g/mol. The minimum Gasteiger partial charge on any atom is -0.341 e. The van der Waals surface area contributed by atoms with Crippen molar-refractivity contribution in [3.63, 3.8) is 0 Å². The van der Waals surface area contributed by atoms with E-state index in [9.17, 15) is 14.0 Å². The standard InChI is InChI=1S/C23H24FN5O2S2/c1-12-13(2)33-23-18(12)22(31)26-17(27-23)11-32-14(3)21(30)28-19(20-25-9-10-29(20)4)15-5-7-16(24)8-6-15/h5-10,14,19H,11H2,1-4H3,(H,28,30)(H,26,27,31)/t14-,19-/m1/s1. The number of nitrogens with zero attached hydrogens (tertiary/aromatic N) is 3. The van der Waals surface area contributed by atoms with Crippen LogP contribution in [0.15, 0.2) is 41.5 Å². The molecule has 33 heavy (non-hydrogen) atoms. The number of thiophene rings is 1. The number of fused-ring (bicyclic) bond motifs is 1. The van der Waals surface area contributed by atoms with Crippen LogP contribution < -0.4 is 10.9 Å². The van der Waals surface area contributed by atoms with Gasteiger partial charge in [-0.2, -0.15) is 0 Å². The number of benzene rings is 1. The Bertz CT molecular complexity index is 1360. The molecule has 3 aromatic heterocycles. The number of thioether (sulfide) groups is 1. The van der Waals surface area contributed by atoms with Crippen molar-refractivity contribution >= 4 is 39.2 Å².